The molecule has 1 heterocycles. The summed E-state index contributed by atoms with van der Waals surface area (Å²) in [5.41, 5.74) is 1.69. The summed E-state index contributed by atoms with van der Waals surface area (Å²) in [5.74, 6) is 0.457. The standard InChI is InChI=1S/C15H18N4O2S/c1-21-14(20)12-8-6-11(7-9-12)10-22-15-16-17-18-19(15)13-4-2-3-5-13/h6-9,13H,2-5,10H2,1H3. The number of ether oxygens (including phenoxy) is 1. The van der Waals surface area contributed by atoms with Crippen LogP contribution in [0.25, 0.3) is 0 Å². The van der Waals surface area contributed by atoms with E-state index in [0.29, 0.717) is 11.6 Å². The molecule has 3 rings (SSSR count). The van der Waals surface area contributed by atoms with Crippen LogP contribution in [0.5, 0.6) is 0 Å². The van der Waals surface area contributed by atoms with Gasteiger partial charge in [0.2, 0.25) is 5.16 Å². The van der Waals surface area contributed by atoms with Gasteiger partial charge in [-0.2, -0.15) is 0 Å². The molecule has 0 saturated heterocycles. The Kier molecular flexibility index (Phi) is 4.72. The quantitative estimate of drug-likeness (QED) is 0.623. The first-order valence-corrected chi connectivity index (χ1v) is 8.34. The molecule has 0 amide bonds. The Hall–Kier alpha value is -1.89. The van der Waals surface area contributed by atoms with Crippen molar-refractivity contribution in [2.24, 2.45) is 0 Å². The van der Waals surface area contributed by atoms with Gasteiger partial charge in [0.15, 0.2) is 0 Å². The molecular formula is C15H18N4O2S. The van der Waals surface area contributed by atoms with E-state index in [1.807, 2.05) is 16.8 Å². The van der Waals surface area contributed by atoms with E-state index < -0.39 is 0 Å². The fourth-order valence-electron chi connectivity index (χ4n) is 2.66. The molecule has 7 heteroatoms. The zero-order valence-corrected chi connectivity index (χ0v) is 13.3. The van der Waals surface area contributed by atoms with Crippen molar-refractivity contribution in [3.63, 3.8) is 0 Å². The van der Waals surface area contributed by atoms with Gasteiger partial charge in [0.1, 0.15) is 0 Å². The second kappa shape index (κ2) is 6.91. The maximum atomic E-state index is 11.4. The molecule has 0 N–H and O–H groups in total. The number of carbonyl (C=O) groups excluding carboxylic acids is 1. The molecular weight excluding hydrogens is 300 g/mol. The van der Waals surface area contributed by atoms with E-state index in [-0.39, 0.29) is 5.97 Å². The summed E-state index contributed by atoms with van der Waals surface area (Å²) in [6, 6.07) is 7.87. The second-order valence-corrected chi connectivity index (χ2v) is 6.26. The molecule has 22 heavy (non-hydrogen) atoms. The van der Waals surface area contributed by atoms with Gasteiger partial charge in [0.05, 0.1) is 18.7 Å². The normalized spacial score (nSPS) is 15.1. The maximum Gasteiger partial charge on any atom is 0.337 e. The van der Waals surface area contributed by atoms with Gasteiger partial charge in [0.25, 0.3) is 0 Å². The predicted octanol–water partition coefficient (Wildman–Crippen LogP) is 2.87. The zero-order valence-electron chi connectivity index (χ0n) is 12.4. The van der Waals surface area contributed by atoms with Gasteiger partial charge >= 0.3 is 5.97 Å². The summed E-state index contributed by atoms with van der Waals surface area (Å²) in [6.45, 7) is 0. The zero-order chi connectivity index (χ0) is 15.4. The predicted molar refractivity (Wildman–Crippen MR) is 82.7 cm³/mol. The SMILES string of the molecule is COC(=O)c1ccc(CSc2nnnn2C2CCCC2)cc1. The summed E-state index contributed by atoms with van der Waals surface area (Å²) >= 11 is 1.62. The number of esters is 1. The molecule has 116 valence electrons. The molecule has 0 radical (unpaired) electrons. The lowest BCUT2D eigenvalue weighted by Crippen LogP contribution is -2.08. The molecule has 0 spiro atoms. The van der Waals surface area contributed by atoms with E-state index in [1.54, 1.807) is 23.9 Å². The van der Waals surface area contributed by atoms with Gasteiger partial charge < -0.3 is 4.74 Å². The van der Waals surface area contributed by atoms with E-state index in [1.165, 1.54) is 20.0 Å². The molecule has 1 aromatic carbocycles. The maximum absolute atomic E-state index is 11.4. The van der Waals surface area contributed by atoms with Gasteiger partial charge in [-0.05, 0) is 41.0 Å². The van der Waals surface area contributed by atoms with Crippen molar-refractivity contribution in [1.82, 2.24) is 20.2 Å². The number of tetrazole rings is 1. The van der Waals surface area contributed by atoms with Crippen LogP contribution in [0.2, 0.25) is 0 Å². The van der Waals surface area contributed by atoms with Crippen LogP contribution in [-0.2, 0) is 10.5 Å². The molecule has 2 aromatic rings. The van der Waals surface area contributed by atoms with Gasteiger partial charge in [-0.1, -0.05) is 36.7 Å². The Morgan fingerprint density at radius 1 is 1.32 bits per heavy atom. The fraction of sp³-hybridized carbons (Fsp3) is 0.467. The average Bonchev–Trinajstić information content (AvgIpc) is 3.23. The highest BCUT2D eigenvalue weighted by molar-refractivity contribution is 7.98. The van der Waals surface area contributed by atoms with Crippen LogP contribution in [-0.4, -0.2) is 33.3 Å². The highest BCUT2D eigenvalue weighted by Crippen LogP contribution is 2.32. The minimum Gasteiger partial charge on any atom is -0.465 e. The lowest BCUT2D eigenvalue weighted by molar-refractivity contribution is 0.0600. The molecule has 1 aliphatic rings. The molecule has 0 atom stereocenters. The fourth-order valence-corrected chi connectivity index (χ4v) is 3.56. The Labute approximate surface area is 133 Å². The lowest BCUT2D eigenvalue weighted by atomic mass is 10.1. The van der Waals surface area contributed by atoms with Crippen molar-refractivity contribution in [2.75, 3.05) is 7.11 Å². The average molecular weight is 318 g/mol. The first-order chi connectivity index (χ1) is 10.8. The first kappa shape index (κ1) is 15.0. The molecule has 0 unspecified atom stereocenters. The van der Waals surface area contributed by atoms with Crippen molar-refractivity contribution in [3.05, 3.63) is 35.4 Å². The van der Waals surface area contributed by atoms with Crippen LogP contribution >= 0.6 is 11.8 Å². The number of aromatic nitrogens is 4. The monoisotopic (exact) mass is 318 g/mol. The number of carbonyl (C=O) groups is 1. The van der Waals surface area contributed by atoms with Crippen molar-refractivity contribution in [1.29, 1.82) is 0 Å². The van der Waals surface area contributed by atoms with E-state index in [4.69, 9.17) is 4.74 Å². The smallest absolute Gasteiger partial charge is 0.337 e. The number of hydrogen-bond donors (Lipinski definition) is 0. The van der Waals surface area contributed by atoms with Gasteiger partial charge in [-0.25, -0.2) is 9.48 Å². The number of benzene rings is 1. The number of hydrogen-bond acceptors (Lipinski definition) is 6. The summed E-state index contributed by atoms with van der Waals surface area (Å²) < 4.78 is 6.65. The number of rotatable bonds is 5. The van der Waals surface area contributed by atoms with Crippen LogP contribution in [0, 0.1) is 0 Å². The van der Waals surface area contributed by atoms with E-state index in [0.717, 1.165) is 29.3 Å². The third-order valence-corrected chi connectivity index (χ3v) is 4.88. The van der Waals surface area contributed by atoms with Crippen LogP contribution in [0.4, 0.5) is 0 Å². The molecule has 1 saturated carbocycles. The lowest BCUT2D eigenvalue weighted by Gasteiger charge is -2.10. The van der Waals surface area contributed by atoms with Crippen molar-refractivity contribution < 1.29 is 9.53 Å². The summed E-state index contributed by atoms with van der Waals surface area (Å²) in [4.78, 5) is 11.4. The Morgan fingerprint density at radius 2 is 2.05 bits per heavy atom. The van der Waals surface area contributed by atoms with Crippen LogP contribution in [0.1, 0.15) is 47.6 Å². The van der Waals surface area contributed by atoms with Gasteiger partial charge in [-0.15, -0.1) is 5.10 Å². The molecule has 1 fully saturated rings. The van der Waals surface area contributed by atoms with E-state index >= 15 is 0 Å². The molecule has 0 aliphatic heterocycles. The minimum absolute atomic E-state index is 0.315. The highest BCUT2D eigenvalue weighted by Gasteiger charge is 2.21. The number of thioether (sulfide) groups is 1. The molecule has 1 aromatic heterocycles. The second-order valence-electron chi connectivity index (χ2n) is 5.32. The Morgan fingerprint density at radius 3 is 2.73 bits per heavy atom. The molecule has 1 aliphatic carbocycles. The largest absolute Gasteiger partial charge is 0.465 e. The first-order valence-electron chi connectivity index (χ1n) is 7.36. The third-order valence-electron chi connectivity index (χ3n) is 3.88. The molecule has 0 bridgehead atoms. The van der Waals surface area contributed by atoms with Crippen LogP contribution in [0.15, 0.2) is 29.4 Å². The summed E-state index contributed by atoms with van der Waals surface area (Å²) in [7, 11) is 1.38. The summed E-state index contributed by atoms with van der Waals surface area (Å²) in [6.07, 6.45) is 4.83. The number of nitrogens with zero attached hydrogens (tertiary/aromatic N) is 4. The third kappa shape index (κ3) is 3.30. The topological polar surface area (TPSA) is 69.9 Å². The Balaban J connectivity index is 1.63. The van der Waals surface area contributed by atoms with E-state index in [9.17, 15) is 4.79 Å². The Bertz CT molecular complexity index is 635. The number of methoxy groups -OCH3 is 1. The van der Waals surface area contributed by atoms with E-state index in [2.05, 4.69) is 15.5 Å². The van der Waals surface area contributed by atoms with Crippen molar-refractivity contribution in [3.8, 4) is 0 Å². The van der Waals surface area contributed by atoms with Crippen molar-refractivity contribution >= 4 is 17.7 Å². The minimum atomic E-state index is -0.315. The van der Waals surface area contributed by atoms with Crippen LogP contribution in [0.3, 0.4) is 0 Å². The highest BCUT2D eigenvalue weighted by atomic mass is 32.2. The summed E-state index contributed by atoms with van der Waals surface area (Å²) in [5, 5.41) is 12.9. The van der Waals surface area contributed by atoms with Gasteiger partial charge in [0, 0.05) is 5.75 Å². The van der Waals surface area contributed by atoms with Gasteiger partial charge in [-0.3, -0.25) is 0 Å². The van der Waals surface area contributed by atoms with Crippen LogP contribution < -0.4 is 0 Å². The molecule has 6 nitrogen and oxygen atoms in total. The van der Waals surface area contributed by atoms with Crippen molar-refractivity contribution in [2.45, 2.75) is 42.6 Å².